The molecule has 6 nitrogen and oxygen atoms in total. The summed E-state index contributed by atoms with van der Waals surface area (Å²) in [4.78, 5) is 21.8. The number of hydrogen-bond donors (Lipinski definition) is 0. The van der Waals surface area contributed by atoms with Crippen molar-refractivity contribution in [3.63, 3.8) is 0 Å². The topological polar surface area (TPSA) is 62.5 Å². The summed E-state index contributed by atoms with van der Waals surface area (Å²) in [6.45, 7) is 9.56. The van der Waals surface area contributed by atoms with E-state index < -0.39 is 0 Å². The predicted octanol–water partition coefficient (Wildman–Crippen LogP) is 2.79. The first kappa shape index (κ1) is 16.7. The fourth-order valence-electron chi connectivity index (χ4n) is 4.12. The number of aromatic nitrogens is 2. The molecule has 0 aliphatic carbocycles. The Kier molecular flexibility index (Phi) is 4.37. The molecule has 0 spiro atoms. The Morgan fingerprint density at radius 2 is 2.12 bits per heavy atom. The van der Waals surface area contributed by atoms with Gasteiger partial charge in [0.15, 0.2) is 0 Å². The number of aryl methyl sites for hydroxylation is 3. The Bertz CT molecular complexity index is 764. The van der Waals surface area contributed by atoms with Crippen molar-refractivity contribution in [2.45, 2.75) is 46.2 Å². The fourth-order valence-corrected chi connectivity index (χ4v) is 4.70. The fraction of sp³-hybridized carbons (Fsp3) is 0.611. The molecule has 5 heterocycles. The van der Waals surface area contributed by atoms with Crippen molar-refractivity contribution in [3.05, 3.63) is 33.1 Å². The maximum atomic E-state index is 12.9. The third-order valence-corrected chi connectivity index (χ3v) is 6.22. The van der Waals surface area contributed by atoms with E-state index in [1.807, 2.05) is 26.2 Å². The average Bonchev–Trinajstić information content (AvgIpc) is 3.02. The Labute approximate surface area is 151 Å². The van der Waals surface area contributed by atoms with Gasteiger partial charge in [0, 0.05) is 43.2 Å². The van der Waals surface area contributed by atoms with Gasteiger partial charge in [-0.2, -0.15) is 0 Å². The summed E-state index contributed by atoms with van der Waals surface area (Å²) in [5.74, 6) is 1.53. The maximum Gasteiger partial charge on any atom is 0.273 e. The van der Waals surface area contributed by atoms with Crippen LogP contribution >= 0.6 is 11.3 Å². The number of carbonyl (C=O) groups is 1. The van der Waals surface area contributed by atoms with Crippen molar-refractivity contribution < 1.29 is 9.32 Å². The van der Waals surface area contributed by atoms with Crippen molar-refractivity contribution in [1.29, 1.82) is 0 Å². The minimum Gasteiger partial charge on any atom is -0.361 e. The van der Waals surface area contributed by atoms with Crippen molar-refractivity contribution in [2.24, 2.45) is 5.92 Å². The summed E-state index contributed by atoms with van der Waals surface area (Å²) >= 11 is 1.54. The lowest BCUT2D eigenvalue weighted by Crippen LogP contribution is -2.47. The lowest BCUT2D eigenvalue weighted by atomic mass is 9.95. The molecule has 2 atom stereocenters. The molecule has 3 aliphatic rings. The van der Waals surface area contributed by atoms with E-state index in [4.69, 9.17) is 4.52 Å². The standard InChI is InChI=1S/C18H24N4O2S/c1-11-16(12(2)24-20-11)9-21-6-14-4-5-15(8-21)22(7-14)18(23)17-10-25-13(3)19-17/h10,14-15H,4-9H2,1-3H3/t14-,15+/m1/s1. The second-order valence-corrected chi connectivity index (χ2v) is 8.37. The summed E-state index contributed by atoms with van der Waals surface area (Å²) in [7, 11) is 0. The number of carbonyl (C=O) groups excluding carboxylic acids is 1. The summed E-state index contributed by atoms with van der Waals surface area (Å²) < 4.78 is 5.31. The van der Waals surface area contributed by atoms with Crippen molar-refractivity contribution >= 4 is 17.2 Å². The molecular weight excluding hydrogens is 336 g/mol. The van der Waals surface area contributed by atoms with Gasteiger partial charge in [-0.1, -0.05) is 5.16 Å². The third kappa shape index (κ3) is 3.22. The highest BCUT2D eigenvalue weighted by atomic mass is 32.1. The molecule has 0 N–H and O–H groups in total. The van der Waals surface area contributed by atoms with E-state index in [1.165, 1.54) is 12.0 Å². The second-order valence-electron chi connectivity index (χ2n) is 7.30. The van der Waals surface area contributed by atoms with Crippen LogP contribution in [0.4, 0.5) is 0 Å². The van der Waals surface area contributed by atoms with Crippen LogP contribution in [0.2, 0.25) is 0 Å². The Morgan fingerprint density at radius 1 is 1.28 bits per heavy atom. The van der Waals surface area contributed by atoms with Gasteiger partial charge in [-0.25, -0.2) is 4.98 Å². The maximum absolute atomic E-state index is 12.9. The van der Waals surface area contributed by atoms with E-state index in [0.717, 1.165) is 49.1 Å². The Balaban J connectivity index is 1.51. The number of amides is 1. The van der Waals surface area contributed by atoms with E-state index >= 15 is 0 Å². The largest absolute Gasteiger partial charge is 0.361 e. The molecule has 0 unspecified atom stereocenters. The van der Waals surface area contributed by atoms with Crippen LogP contribution < -0.4 is 0 Å². The normalized spacial score (nSPS) is 23.9. The van der Waals surface area contributed by atoms with Gasteiger partial charge in [-0.15, -0.1) is 11.3 Å². The number of thiazole rings is 1. The van der Waals surface area contributed by atoms with Gasteiger partial charge in [-0.3, -0.25) is 9.69 Å². The summed E-state index contributed by atoms with van der Waals surface area (Å²) in [6, 6.07) is 0.272. The highest BCUT2D eigenvalue weighted by Gasteiger charge is 2.38. The molecule has 5 rings (SSSR count). The number of nitrogens with zero attached hydrogens (tertiary/aromatic N) is 4. The predicted molar refractivity (Wildman–Crippen MR) is 95.7 cm³/mol. The Morgan fingerprint density at radius 3 is 2.80 bits per heavy atom. The summed E-state index contributed by atoms with van der Waals surface area (Å²) in [5.41, 5.74) is 2.77. The van der Waals surface area contributed by atoms with Crippen LogP contribution in [-0.4, -0.2) is 51.5 Å². The van der Waals surface area contributed by atoms with Gasteiger partial charge in [0.25, 0.3) is 5.91 Å². The zero-order valence-electron chi connectivity index (χ0n) is 15.0. The molecule has 3 saturated heterocycles. The number of piperidine rings is 1. The number of rotatable bonds is 3. The summed E-state index contributed by atoms with van der Waals surface area (Å²) in [5, 5.41) is 6.90. The summed E-state index contributed by atoms with van der Waals surface area (Å²) in [6.07, 6.45) is 2.28. The lowest BCUT2D eigenvalue weighted by molar-refractivity contribution is 0.0579. The minimum atomic E-state index is 0.0956. The van der Waals surface area contributed by atoms with E-state index in [0.29, 0.717) is 11.6 Å². The lowest BCUT2D eigenvalue weighted by Gasteiger charge is -2.35. The van der Waals surface area contributed by atoms with Crippen LogP contribution in [-0.2, 0) is 6.54 Å². The first-order valence-corrected chi connectivity index (χ1v) is 9.76. The monoisotopic (exact) mass is 360 g/mol. The Hall–Kier alpha value is -1.73. The first-order chi connectivity index (χ1) is 12.0. The molecule has 25 heavy (non-hydrogen) atoms. The van der Waals surface area contributed by atoms with Crippen molar-refractivity contribution in [3.8, 4) is 0 Å². The van der Waals surface area contributed by atoms with Gasteiger partial charge in [0.2, 0.25) is 0 Å². The van der Waals surface area contributed by atoms with Gasteiger partial charge in [0.05, 0.1) is 10.7 Å². The SMILES string of the molecule is Cc1nc(C(=O)N2C[C@@H]3CC[C@H]2CN(Cc2c(C)noc2C)C3)cs1. The van der Waals surface area contributed by atoms with Gasteiger partial charge < -0.3 is 9.42 Å². The second kappa shape index (κ2) is 6.53. The van der Waals surface area contributed by atoms with E-state index in [-0.39, 0.29) is 11.9 Å². The molecule has 0 aromatic carbocycles. The average molecular weight is 360 g/mol. The molecule has 3 aliphatic heterocycles. The van der Waals surface area contributed by atoms with Gasteiger partial charge in [-0.05, 0) is 39.5 Å². The highest BCUT2D eigenvalue weighted by Crippen LogP contribution is 2.30. The van der Waals surface area contributed by atoms with Crippen molar-refractivity contribution in [2.75, 3.05) is 19.6 Å². The van der Waals surface area contributed by atoms with Crippen LogP contribution in [0.1, 0.15) is 45.4 Å². The van der Waals surface area contributed by atoms with E-state index in [1.54, 1.807) is 11.3 Å². The molecular formula is C18H24N4O2S. The number of hydrogen-bond acceptors (Lipinski definition) is 6. The third-order valence-electron chi connectivity index (χ3n) is 5.45. The first-order valence-electron chi connectivity index (χ1n) is 8.88. The zero-order valence-corrected chi connectivity index (χ0v) is 15.8. The van der Waals surface area contributed by atoms with Crippen LogP contribution in [0.15, 0.2) is 9.90 Å². The molecule has 1 amide bonds. The van der Waals surface area contributed by atoms with E-state index in [2.05, 4.69) is 19.9 Å². The molecule has 0 saturated carbocycles. The van der Waals surface area contributed by atoms with Gasteiger partial charge >= 0.3 is 0 Å². The highest BCUT2D eigenvalue weighted by molar-refractivity contribution is 7.09. The van der Waals surface area contributed by atoms with Crippen LogP contribution in [0.3, 0.4) is 0 Å². The molecule has 2 aromatic heterocycles. The quantitative estimate of drug-likeness (QED) is 0.842. The molecule has 134 valence electrons. The molecule has 3 fully saturated rings. The van der Waals surface area contributed by atoms with Crippen LogP contribution in [0, 0.1) is 26.7 Å². The number of fused-ring (bicyclic) bond motifs is 4. The van der Waals surface area contributed by atoms with Crippen LogP contribution in [0.25, 0.3) is 0 Å². The molecule has 2 bridgehead atoms. The zero-order chi connectivity index (χ0) is 17.6. The van der Waals surface area contributed by atoms with Gasteiger partial charge in [0.1, 0.15) is 11.5 Å². The molecule has 7 heteroatoms. The van der Waals surface area contributed by atoms with Crippen LogP contribution in [0.5, 0.6) is 0 Å². The smallest absolute Gasteiger partial charge is 0.273 e. The van der Waals surface area contributed by atoms with E-state index in [9.17, 15) is 4.79 Å². The minimum absolute atomic E-state index is 0.0956. The van der Waals surface area contributed by atoms with Crippen molar-refractivity contribution in [1.82, 2.24) is 19.9 Å². The molecule has 2 aromatic rings. The molecule has 0 radical (unpaired) electrons.